The maximum absolute atomic E-state index is 12.9. The predicted molar refractivity (Wildman–Crippen MR) is 88.1 cm³/mol. The lowest BCUT2D eigenvalue weighted by Crippen LogP contribution is -2.38. The number of thiophene rings is 1. The monoisotopic (exact) mass is 372 g/mol. The molecule has 2 aromatic heterocycles. The van der Waals surface area contributed by atoms with Gasteiger partial charge in [0, 0.05) is 26.1 Å². The lowest BCUT2D eigenvalue weighted by Gasteiger charge is -2.42. The molecule has 1 aliphatic heterocycles. The maximum atomic E-state index is 12.9. The van der Waals surface area contributed by atoms with E-state index in [1.807, 2.05) is 11.6 Å². The molecule has 1 atom stereocenters. The van der Waals surface area contributed by atoms with E-state index >= 15 is 0 Å². The smallest absolute Gasteiger partial charge is 0.252 e. The van der Waals surface area contributed by atoms with Crippen LogP contribution < -0.4 is 0 Å². The van der Waals surface area contributed by atoms with Crippen LogP contribution in [-0.2, 0) is 17.1 Å². The highest BCUT2D eigenvalue weighted by molar-refractivity contribution is 7.91. The van der Waals surface area contributed by atoms with Crippen molar-refractivity contribution in [2.45, 2.75) is 29.4 Å². The number of aromatic nitrogens is 3. The number of hydrogen-bond donors (Lipinski definition) is 0. The van der Waals surface area contributed by atoms with Crippen molar-refractivity contribution in [1.82, 2.24) is 19.1 Å². The zero-order chi connectivity index (χ0) is 16.2. The summed E-state index contributed by atoms with van der Waals surface area (Å²) in [6, 6.07) is 3.22. The van der Waals surface area contributed by atoms with Gasteiger partial charge in [-0.3, -0.25) is 0 Å². The molecule has 3 heterocycles. The summed E-state index contributed by atoms with van der Waals surface area (Å²) in [5.41, 5.74) is 0.00885. The molecule has 0 aromatic carbocycles. The van der Waals surface area contributed by atoms with Crippen molar-refractivity contribution in [3.05, 3.63) is 28.6 Å². The molecular weight excluding hydrogens is 356 g/mol. The number of hydrogen-bond acceptors (Lipinski definition) is 5. The number of aryl methyl sites for hydroxylation is 1. The van der Waals surface area contributed by atoms with Gasteiger partial charge in [-0.2, -0.15) is 4.31 Å². The van der Waals surface area contributed by atoms with Gasteiger partial charge in [0.1, 0.15) is 16.4 Å². The van der Waals surface area contributed by atoms with Crippen molar-refractivity contribution >= 4 is 33.0 Å². The minimum Gasteiger partial charge on any atom is -0.320 e. The standard InChI is InChI=1S/C14H17ClN4O2S2/c1-18-9-16-17-13(18)10-7-19(8-14(10)5-2-6-14)23(20,21)12-4-3-11(15)22-12/h3-4,9-10H,2,5-8H2,1H3. The summed E-state index contributed by atoms with van der Waals surface area (Å²) >= 11 is 7.02. The lowest BCUT2D eigenvalue weighted by molar-refractivity contribution is 0.126. The quantitative estimate of drug-likeness (QED) is 0.830. The Kier molecular flexibility index (Phi) is 3.57. The summed E-state index contributed by atoms with van der Waals surface area (Å²) in [6.07, 6.45) is 4.91. The zero-order valence-corrected chi connectivity index (χ0v) is 15.0. The molecule has 1 saturated heterocycles. The summed E-state index contributed by atoms with van der Waals surface area (Å²) in [4.78, 5) is 0. The van der Waals surface area contributed by atoms with E-state index in [9.17, 15) is 8.42 Å². The fourth-order valence-electron chi connectivity index (χ4n) is 3.77. The lowest BCUT2D eigenvalue weighted by atomic mass is 9.62. The van der Waals surface area contributed by atoms with E-state index in [-0.39, 0.29) is 11.3 Å². The second-order valence-electron chi connectivity index (χ2n) is 6.42. The van der Waals surface area contributed by atoms with E-state index in [1.54, 1.807) is 22.8 Å². The summed E-state index contributed by atoms with van der Waals surface area (Å²) in [6.45, 7) is 1.02. The molecule has 1 saturated carbocycles. The van der Waals surface area contributed by atoms with Crippen molar-refractivity contribution in [1.29, 1.82) is 0 Å². The van der Waals surface area contributed by atoms with Crippen LogP contribution in [0.15, 0.2) is 22.7 Å². The molecule has 23 heavy (non-hydrogen) atoms. The maximum Gasteiger partial charge on any atom is 0.252 e. The van der Waals surface area contributed by atoms with Crippen LogP contribution in [0.25, 0.3) is 0 Å². The van der Waals surface area contributed by atoms with Gasteiger partial charge in [0.15, 0.2) is 0 Å². The van der Waals surface area contributed by atoms with Crippen LogP contribution in [0.4, 0.5) is 0 Å². The Balaban J connectivity index is 1.69. The Bertz CT molecular complexity index is 841. The Labute approximate surface area is 144 Å². The number of nitrogens with zero attached hydrogens (tertiary/aromatic N) is 4. The molecular formula is C14H17ClN4O2S2. The molecule has 0 amide bonds. The van der Waals surface area contributed by atoms with Gasteiger partial charge in [-0.05, 0) is 30.4 Å². The van der Waals surface area contributed by atoms with Crippen molar-refractivity contribution in [2.24, 2.45) is 12.5 Å². The SMILES string of the molecule is Cn1cnnc1C1CN(S(=O)(=O)c2ccc(Cl)s2)CC12CCC2. The Morgan fingerprint density at radius 3 is 2.70 bits per heavy atom. The van der Waals surface area contributed by atoms with Crippen LogP contribution >= 0.6 is 22.9 Å². The van der Waals surface area contributed by atoms with E-state index in [2.05, 4.69) is 10.2 Å². The summed E-state index contributed by atoms with van der Waals surface area (Å²) in [5, 5.41) is 8.21. The highest BCUT2D eigenvalue weighted by Gasteiger charge is 2.55. The number of halogens is 1. The molecule has 1 aliphatic carbocycles. The minimum absolute atomic E-state index is 0.00885. The third-order valence-electron chi connectivity index (χ3n) is 5.17. The van der Waals surface area contributed by atoms with Crippen LogP contribution in [-0.4, -0.2) is 40.6 Å². The van der Waals surface area contributed by atoms with Crippen LogP contribution in [0.3, 0.4) is 0 Å². The molecule has 0 N–H and O–H groups in total. The van der Waals surface area contributed by atoms with Crippen LogP contribution in [0, 0.1) is 5.41 Å². The molecule has 1 unspecified atom stereocenters. The molecule has 124 valence electrons. The first kappa shape index (κ1) is 15.6. The molecule has 2 aromatic rings. The van der Waals surface area contributed by atoms with E-state index in [1.165, 1.54) is 0 Å². The van der Waals surface area contributed by atoms with Gasteiger partial charge in [-0.1, -0.05) is 18.0 Å². The second kappa shape index (κ2) is 5.27. The highest BCUT2D eigenvalue weighted by atomic mass is 35.5. The van der Waals surface area contributed by atoms with Gasteiger partial charge in [0.05, 0.1) is 4.34 Å². The summed E-state index contributed by atoms with van der Waals surface area (Å²) in [5.74, 6) is 0.987. The first-order valence-corrected chi connectivity index (χ1v) is 10.2. The number of rotatable bonds is 3. The third-order valence-corrected chi connectivity index (χ3v) is 8.68. The molecule has 6 nitrogen and oxygen atoms in total. The average Bonchev–Trinajstić information content (AvgIpc) is 3.14. The molecule has 2 fully saturated rings. The van der Waals surface area contributed by atoms with Crippen molar-refractivity contribution in [3.8, 4) is 0 Å². The Hall–Kier alpha value is -0.960. The van der Waals surface area contributed by atoms with Gasteiger partial charge in [-0.15, -0.1) is 21.5 Å². The van der Waals surface area contributed by atoms with Crippen molar-refractivity contribution in [3.63, 3.8) is 0 Å². The molecule has 1 spiro atoms. The summed E-state index contributed by atoms with van der Waals surface area (Å²) < 4.78 is 30.1. The van der Waals surface area contributed by atoms with Gasteiger partial charge >= 0.3 is 0 Å². The third kappa shape index (κ3) is 2.34. The van der Waals surface area contributed by atoms with Gasteiger partial charge < -0.3 is 4.57 Å². The molecule has 2 aliphatic rings. The fourth-order valence-corrected chi connectivity index (χ4v) is 6.96. The van der Waals surface area contributed by atoms with Crippen LogP contribution in [0.1, 0.15) is 31.0 Å². The average molecular weight is 373 g/mol. The molecule has 4 rings (SSSR count). The van der Waals surface area contributed by atoms with Crippen molar-refractivity contribution < 1.29 is 8.42 Å². The van der Waals surface area contributed by atoms with Gasteiger partial charge in [0.25, 0.3) is 10.0 Å². The minimum atomic E-state index is -3.49. The Morgan fingerprint density at radius 2 is 2.17 bits per heavy atom. The van der Waals surface area contributed by atoms with Crippen LogP contribution in [0.2, 0.25) is 4.34 Å². The second-order valence-corrected chi connectivity index (χ2v) is 10.3. The Morgan fingerprint density at radius 1 is 1.39 bits per heavy atom. The largest absolute Gasteiger partial charge is 0.320 e. The topological polar surface area (TPSA) is 68.1 Å². The van der Waals surface area contributed by atoms with Crippen molar-refractivity contribution in [2.75, 3.05) is 13.1 Å². The highest BCUT2D eigenvalue weighted by Crippen LogP contribution is 2.56. The van der Waals surface area contributed by atoms with Gasteiger partial charge in [-0.25, -0.2) is 8.42 Å². The molecule has 0 bridgehead atoms. The predicted octanol–water partition coefficient (Wildman–Crippen LogP) is 2.49. The normalized spacial score (nSPS) is 24.2. The first-order chi connectivity index (χ1) is 10.9. The zero-order valence-electron chi connectivity index (χ0n) is 12.6. The van der Waals surface area contributed by atoms with E-state index < -0.39 is 10.0 Å². The van der Waals surface area contributed by atoms with Crippen LogP contribution in [0.5, 0.6) is 0 Å². The first-order valence-electron chi connectivity index (χ1n) is 7.52. The molecule has 0 radical (unpaired) electrons. The van der Waals surface area contributed by atoms with E-state index in [0.29, 0.717) is 21.6 Å². The fraction of sp³-hybridized carbons (Fsp3) is 0.571. The number of sulfonamides is 1. The van der Waals surface area contributed by atoms with E-state index in [0.717, 1.165) is 36.4 Å². The molecule has 9 heteroatoms. The van der Waals surface area contributed by atoms with E-state index in [4.69, 9.17) is 11.6 Å². The van der Waals surface area contributed by atoms with Gasteiger partial charge in [0.2, 0.25) is 0 Å². The summed E-state index contributed by atoms with van der Waals surface area (Å²) in [7, 11) is -1.58.